The molecule has 0 saturated heterocycles. The fourth-order valence-electron chi connectivity index (χ4n) is 2.62. The molecule has 0 saturated carbocycles. The second kappa shape index (κ2) is 8.62. The molecule has 16 nitrogen and oxygen atoms in total. The van der Waals surface area contributed by atoms with Crippen LogP contribution < -0.4 is 0 Å². The molecular formula is C12H14N3O13P3. The summed E-state index contributed by atoms with van der Waals surface area (Å²) in [5.41, 5.74) is 0.0901. The molecule has 4 N–H and O–H groups in total. The number of rotatable bonds is 9. The van der Waals surface area contributed by atoms with Crippen LogP contribution in [0.15, 0.2) is 36.7 Å². The lowest BCUT2D eigenvalue weighted by Crippen LogP contribution is -2.17. The minimum Gasteiger partial charge on any atom is -0.345 e. The third kappa shape index (κ3) is 6.13. The summed E-state index contributed by atoms with van der Waals surface area (Å²) in [4.78, 5) is 50.2. The Morgan fingerprint density at radius 3 is 2.48 bits per heavy atom. The summed E-state index contributed by atoms with van der Waals surface area (Å²) in [6.45, 7) is -0.663. The van der Waals surface area contributed by atoms with Crippen molar-refractivity contribution in [2.24, 2.45) is 0 Å². The summed E-state index contributed by atoms with van der Waals surface area (Å²) >= 11 is 0. The van der Waals surface area contributed by atoms with E-state index in [9.17, 15) is 28.7 Å². The first-order valence-corrected chi connectivity index (χ1v) is 12.5. The van der Waals surface area contributed by atoms with Crippen molar-refractivity contribution >= 4 is 40.2 Å². The Balaban J connectivity index is 1.63. The second-order valence-corrected chi connectivity index (χ2v) is 10.3. The topological polar surface area (TPSA) is 230 Å². The summed E-state index contributed by atoms with van der Waals surface area (Å²) in [6, 6.07) is 2.71. The van der Waals surface area contributed by atoms with Crippen LogP contribution >= 0.6 is 23.5 Å². The maximum Gasteiger partial charge on any atom is 0.490 e. The van der Waals surface area contributed by atoms with Crippen molar-refractivity contribution in [1.29, 1.82) is 0 Å². The number of phosphoric acid groups is 3. The number of aromatic nitrogens is 2. The van der Waals surface area contributed by atoms with Gasteiger partial charge in [-0.2, -0.15) is 8.62 Å². The molecule has 2 aromatic rings. The smallest absolute Gasteiger partial charge is 0.345 e. The lowest BCUT2D eigenvalue weighted by atomic mass is 10.3. The molecule has 3 heterocycles. The van der Waals surface area contributed by atoms with E-state index in [-0.39, 0.29) is 16.7 Å². The lowest BCUT2D eigenvalue weighted by Gasteiger charge is -2.19. The van der Waals surface area contributed by atoms with E-state index in [2.05, 4.69) is 18.1 Å². The lowest BCUT2D eigenvalue weighted by molar-refractivity contribution is -0.383. The van der Waals surface area contributed by atoms with Gasteiger partial charge in [-0.25, -0.2) is 18.7 Å². The predicted octanol–water partition coefficient (Wildman–Crippen LogP) is 1.74. The van der Waals surface area contributed by atoms with Gasteiger partial charge in [0.25, 0.3) is 5.69 Å². The number of ether oxygens (including phenoxy) is 1. The van der Waals surface area contributed by atoms with Gasteiger partial charge < -0.3 is 28.9 Å². The van der Waals surface area contributed by atoms with Gasteiger partial charge in [-0.05, 0) is 12.1 Å². The first-order chi connectivity index (χ1) is 14.3. The van der Waals surface area contributed by atoms with E-state index in [0.29, 0.717) is 0 Å². The Morgan fingerprint density at radius 2 is 1.84 bits per heavy atom. The first kappa shape index (κ1) is 23.9. The molecule has 0 aliphatic carbocycles. The molecule has 0 radical (unpaired) electrons. The van der Waals surface area contributed by atoms with Gasteiger partial charge in [0.15, 0.2) is 6.23 Å². The molecule has 0 fully saturated rings. The van der Waals surface area contributed by atoms with Gasteiger partial charge >= 0.3 is 23.5 Å². The molecule has 0 amide bonds. The highest BCUT2D eigenvalue weighted by atomic mass is 31.3. The van der Waals surface area contributed by atoms with Crippen LogP contribution in [0.5, 0.6) is 0 Å². The van der Waals surface area contributed by atoms with Gasteiger partial charge in [-0.1, -0.05) is 6.08 Å². The largest absolute Gasteiger partial charge is 0.490 e. The van der Waals surface area contributed by atoms with E-state index in [1.54, 1.807) is 0 Å². The Morgan fingerprint density at radius 1 is 1.13 bits per heavy atom. The van der Waals surface area contributed by atoms with E-state index in [1.165, 1.54) is 41.2 Å². The Hall–Kier alpha value is -1.80. The van der Waals surface area contributed by atoms with Crippen LogP contribution in [0, 0.1) is 10.1 Å². The van der Waals surface area contributed by atoms with Gasteiger partial charge in [-0.3, -0.25) is 14.6 Å². The van der Waals surface area contributed by atoms with Crippen molar-refractivity contribution in [2.75, 3.05) is 6.61 Å². The number of nitrogens with zero attached hydrogens (tertiary/aromatic N) is 3. The molecule has 170 valence electrons. The third-order valence-corrected chi connectivity index (χ3v) is 7.49. The zero-order chi connectivity index (χ0) is 23.0. The molecule has 31 heavy (non-hydrogen) atoms. The fraction of sp³-hybridized carbons (Fsp3) is 0.250. The summed E-state index contributed by atoms with van der Waals surface area (Å²) < 4.78 is 52.4. The average molecular weight is 501 g/mol. The van der Waals surface area contributed by atoms with Crippen molar-refractivity contribution < 1.29 is 56.1 Å². The van der Waals surface area contributed by atoms with Crippen molar-refractivity contribution in [2.45, 2.75) is 12.3 Å². The third-order valence-electron chi connectivity index (χ3n) is 3.69. The number of phosphoric ester groups is 1. The maximum atomic E-state index is 11.7. The maximum absolute atomic E-state index is 11.7. The SMILES string of the molecule is O=[N+]([O-])c1ccnc2c1ccn2[C@H]1C=C[C@@H](COP(=O)(O)OP(=O)(O)OP(=O)(O)O)O1. The molecule has 2 aromatic heterocycles. The first-order valence-electron chi connectivity index (χ1n) is 7.98. The van der Waals surface area contributed by atoms with Gasteiger partial charge in [0.2, 0.25) is 0 Å². The van der Waals surface area contributed by atoms with E-state index >= 15 is 0 Å². The minimum absolute atomic E-state index is 0.157. The molecule has 0 bridgehead atoms. The number of hydrogen-bond donors (Lipinski definition) is 4. The van der Waals surface area contributed by atoms with E-state index < -0.39 is 47.3 Å². The highest BCUT2D eigenvalue weighted by molar-refractivity contribution is 7.66. The van der Waals surface area contributed by atoms with Crippen molar-refractivity contribution in [3.8, 4) is 0 Å². The van der Waals surface area contributed by atoms with E-state index in [4.69, 9.17) is 19.4 Å². The van der Waals surface area contributed by atoms with E-state index in [1.807, 2.05) is 0 Å². The second-order valence-electron chi connectivity index (χ2n) is 5.88. The highest BCUT2D eigenvalue weighted by Gasteiger charge is 2.41. The summed E-state index contributed by atoms with van der Waals surface area (Å²) in [6.07, 6.45) is 3.91. The Kier molecular flexibility index (Phi) is 6.63. The van der Waals surface area contributed by atoms with Crippen LogP contribution in [0.2, 0.25) is 0 Å². The monoisotopic (exact) mass is 501 g/mol. The number of nitro groups is 1. The number of fused-ring (bicyclic) bond motifs is 1. The number of pyridine rings is 1. The Labute approximate surface area is 172 Å². The number of hydrogen-bond acceptors (Lipinski definition) is 10. The zero-order valence-corrected chi connectivity index (χ0v) is 17.7. The van der Waals surface area contributed by atoms with Gasteiger partial charge in [-0.15, -0.1) is 0 Å². The molecule has 0 spiro atoms. The molecule has 0 aromatic carbocycles. The highest BCUT2D eigenvalue weighted by Crippen LogP contribution is 2.66. The predicted molar refractivity (Wildman–Crippen MR) is 99.3 cm³/mol. The molecule has 19 heteroatoms. The quantitative estimate of drug-likeness (QED) is 0.166. The van der Waals surface area contributed by atoms with Gasteiger partial charge in [0.05, 0.1) is 16.9 Å². The molecule has 2 unspecified atom stereocenters. The Bertz CT molecular complexity index is 1170. The normalized spacial score (nSPS) is 23.0. The molecule has 1 aliphatic rings. The van der Waals surface area contributed by atoms with Crippen molar-refractivity contribution in [1.82, 2.24) is 9.55 Å². The van der Waals surface area contributed by atoms with Gasteiger partial charge in [0.1, 0.15) is 11.8 Å². The van der Waals surface area contributed by atoms with Gasteiger partial charge in [0, 0.05) is 18.5 Å². The molecule has 1 aliphatic heterocycles. The van der Waals surface area contributed by atoms with E-state index in [0.717, 1.165) is 0 Å². The molecule has 4 atom stereocenters. The van der Waals surface area contributed by atoms with Crippen LogP contribution in [0.25, 0.3) is 11.0 Å². The van der Waals surface area contributed by atoms with Crippen LogP contribution in [0.3, 0.4) is 0 Å². The standard InChI is InChI=1S/C12H14N3O13P3/c16-15(17)10-3-5-13-12-9(10)4-6-14(12)11-2-1-8(26-11)7-25-30(21,22)28-31(23,24)27-29(18,19)20/h1-6,8,11H,7H2,(H,21,22)(H,23,24)(H2,18,19,20)/t8-,11+/m0/s1. The molecular weight excluding hydrogens is 487 g/mol. The van der Waals surface area contributed by atoms with Crippen molar-refractivity contribution in [3.63, 3.8) is 0 Å². The summed E-state index contributed by atoms with van der Waals surface area (Å²) in [5, 5.41) is 11.4. The summed E-state index contributed by atoms with van der Waals surface area (Å²) in [7, 11) is -16.4. The zero-order valence-electron chi connectivity index (χ0n) is 15.0. The van der Waals surface area contributed by atoms with Crippen molar-refractivity contribution in [3.05, 3.63) is 46.8 Å². The minimum atomic E-state index is -5.62. The summed E-state index contributed by atoms with van der Waals surface area (Å²) in [5.74, 6) is 0. The molecule has 3 rings (SSSR count). The van der Waals surface area contributed by atoms with Crippen LogP contribution in [0.4, 0.5) is 5.69 Å². The van der Waals surface area contributed by atoms with Crippen LogP contribution in [0.1, 0.15) is 6.23 Å². The average Bonchev–Trinajstić information content (AvgIpc) is 3.22. The van der Waals surface area contributed by atoms with Crippen LogP contribution in [-0.2, 0) is 31.6 Å². The van der Waals surface area contributed by atoms with Crippen LogP contribution in [-0.4, -0.2) is 46.8 Å². The fourth-order valence-corrected chi connectivity index (χ4v) is 5.65.